The topological polar surface area (TPSA) is 76.1 Å². The van der Waals surface area contributed by atoms with E-state index in [0.717, 1.165) is 11.5 Å². The van der Waals surface area contributed by atoms with Crippen LogP contribution in [0.1, 0.15) is 26.0 Å². The maximum atomic E-state index is 9.01. The summed E-state index contributed by atoms with van der Waals surface area (Å²) in [5, 5.41) is 16.6. The van der Waals surface area contributed by atoms with Crippen molar-refractivity contribution in [2.75, 3.05) is 17.7 Å². The van der Waals surface area contributed by atoms with Crippen LogP contribution in [0.3, 0.4) is 0 Å². The SMILES string of the molecule is Cc1nn(C)c(NC(CCO)C(C)C)c1N. The molecule has 1 rings (SSSR count). The molecule has 92 valence electrons. The highest BCUT2D eigenvalue weighted by molar-refractivity contribution is 5.64. The lowest BCUT2D eigenvalue weighted by atomic mass is 10.0. The van der Waals surface area contributed by atoms with Gasteiger partial charge in [-0.3, -0.25) is 4.68 Å². The molecule has 0 saturated heterocycles. The molecule has 0 fully saturated rings. The van der Waals surface area contributed by atoms with E-state index < -0.39 is 0 Å². The fraction of sp³-hybridized carbons (Fsp3) is 0.727. The minimum Gasteiger partial charge on any atom is -0.396 e. The van der Waals surface area contributed by atoms with Crippen LogP contribution in [0.5, 0.6) is 0 Å². The van der Waals surface area contributed by atoms with Crippen molar-refractivity contribution in [3.05, 3.63) is 5.69 Å². The molecule has 4 N–H and O–H groups in total. The van der Waals surface area contributed by atoms with E-state index in [9.17, 15) is 0 Å². The third kappa shape index (κ3) is 2.66. The normalized spacial score (nSPS) is 13.1. The molecule has 0 amide bonds. The Bertz CT molecular complexity index is 346. The number of anilines is 2. The molecule has 5 heteroatoms. The lowest BCUT2D eigenvalue weighted by molar-refractivity contribution is 0.267. The van der Waals surface area contributed by atoms with Crippen LogP contribution < -0.4 is 11.1 Å². The van der Waals surface area contributed by atoms with Crippen LogP contribution in [0, 0.1) is 12.8 Å². The number of nitrogen functional groups attached to an aromatic ring is 1. The highest BCUT2D eigenvalue weighted by Crippen LogP contribution is 2.23. The standard InChI is InChI=1S/C11H22N4O/c1-7(2)9(5-6-16)13-11-10(12)8(3)14-15(11)4/h7,9,13,16H,5-6,12H2,1-4H3. The molecule has 0 aliphatic carbocycles. The molecule has 16 heavy (non-hydrogen) atoms. The van der Waals surface area contributed by atoms with E-state index in [1.807, 2.05) is 14.0 Å². The largest absolute Gasteiger partial charge is 0.396 e. The second-order valence-corrected chi connectivity index (χ2v) is 4.48. The van der Waals surface area contributed by atoms with Gasteiger partial charge >= 0.3 is 0 Å². The zero-order chi connectivity index (χ0) is 12.3. The minimum absolute atomic E-state index is 0.173. The van der Waals surface area contributed by atoms with Gasteiger partial charge in [-0.1, -0.05) is 13.8 Å². The van der Waals surface area contributed by atoms with Crippen molar-refractivity contribution in [3.8, 4) is 0 Å². The van der Waals surface area contributed by atoms with Gasteiger partial charge in [0, 0.05) is 19.7 Å². The van der Waals surface area contributed by atoms with Gasteiger partial charge in [-0.2, -0.15) is 5.10 Å². The van der Waals surface area contributed by atoms with E-state index in [1.165, 1.54) is 0 Å². The molecule has 0 bridgehead atoms. The predicted octanol–water partition coefficient (Wildman–Crippen LogP) is 1.13. The number of aryl methyl sites for hydroxylation is 2. The molecule has 5 nitrogen and oxygen atoms in total. The summed E-state index contributed by atoms with van der Waals surface area (Å²) in [7, 11) is 1.86. The predicted molar refractivity (Wildman–Crippen MR) is 66.3 cm³/mol. The number of hydrogen-bond acceptors (Lipinski definition) is 4. The van der Waals surface area contributed by atoms with Crippen molar-refractivity contribution >= 4 is 11.5 Å². The van der Waals surface area contributed by atoms with Crippen LogP contribution in [0.15, 0.2) is 0 Å². The summed E-state index contributed by atoms with van der Waals surface area (Å²) in [6, 6.07) is 0.210. The maximum Gasteiger partial charge on any atom is 0.147 e. The summed E-state index contributed by atoms with van der Waals surface area (Å²) in [6.07, 6.45) is 0.710. The average Bonchev–Trinajstić information content (AvgIpc) is 2.43. The van der Waals surface area contributed by atoms with Crippen LogP contribution in [-0.2, 0) is 7.05 Å². The van der Waals surface area contributed by atoms with Gasteiger partial charge in [-0.25, -0.2) is 0 Å². The van der Waals surface area contributed by atoms with E-state index >= 15 is 0 Å². The van der Waals surface area contributed by atoms with Gasteiger partial charge < -0.3 is 16.2 Å². The molecule has 1 aromatic heterocycles. The number of nitrogens with one attached hydrogen (secondary N) is 1. The average molecular weight is 226 g/mol. The minimum atomic E-state index is 0.173. The summed E-state index contributed by atoms with van der Waals surface area (Å²) < 4.78 is 1.75. The molecule has 0 aromatic carbocycles. The Balaban J connectivity index is 2.84. The van der Waals surface area contributed by atoms with Crippen molar-refractivity contribution in [1.29, 1.82) is 0 Å². The Morgan fingerprint density at radius 1 is 1.50 bits per heavy atom. The monoisotopic (exact) mass is 226 g/mol. The summed E-state index contributed by atoms with van der Waals surface area (Å²) in [4.78, 5) is 0. The zero-order valence-electron chi connectivity index (χ0n) is 10.5. The van der Waals surface area contributed by atoms with E-state index in [1.54, 1.807) is 4.68 Å². The number of aliphatic hydroxyl groups excluding tert-OH is 1. The molecule has 1 heterocycles. The molecule has 0 aliphatic heterocycles. The van der Waals surface area contributed by atoms with E-state index in [0.29, 0.717) is 18.0 Å². The van der Waals surface area contributed by atoms with Gasteiger partial charge in [0.05, 0.1) is 11.4 Å². The summed E-state index contributed by atoms with van der Waals surface area (Å²) in [5.74, 6) is 1.27. The molecule has 0 spiro atoms. The molecule has 1 unspecified atom stereocenters. The summed E-state index contributed by atoms with van der Waals surface area (Å²) in [5.41, 5.74) is 7.46. The number of hydrogen-bond donors (Lipinski definition) is 3. The highest BCUT2D eigenvalue weighted by atomic mass is 16.3. The number of aromatic nitrogens is 2. The summed E-state index contributed by atoms with van der Waals surface area (Å²) in [6.45, 7) is 6.29. The summed E-state index contributed by atoms with van der Waals surface area (Å²) >= 11 is 0. The third-order valence-corrected chi connectivity index (χ3v) is 2.84. The molecule has 1 aromatic rings. The Hall–Kier alpha value is -1.23. The Morgan fingerprint density at radius 2 is 2.12 bits per heavy atom. The van der Waals surface area contributed by atoms with Crippen molar-refractivity contribution in [3.63, 3.8) is 0 Å². The Kier molecular flexibility index (Phi) is 4.18. The van der Waals surface area contributed by atoms with Crippen LogP contribution in [0.4, 0.5) is 11.5 Å². The van der Waals surface area contributed by atoms with Gasteiger partial charge in [0.15, 0.2) is 0 Å². The van der Waals surface area contributed by atoms with Crippen molar-refractivity contribution in [2.24, 2.45) is 13.0 Å². The first-order valence-corrected chi connectivity index (χ1v) is 5.63. The third-order valence-electron chi connectivity index (χ3n) is 2.84. The van der Waals surface area contributed by atoms with Crippen molar-refractivity contribution in [1.82, 2.24) is 9.78 Å². The maximum absolute atomic E-state index is 9.01. The number of rotatable bonds is 5. The fourth-order valence-electron chi connectivity index (χ4n) is 1.73. The van der Waals surface area contributed by atoms with Crippen molar-refractivity contribution < 1.29 is 5.11 Å². The fourth-order valence-corrected chi connectivity index (χ4v) is 1.73. The van der Waals surface area contributed by atoms with Crippen LogP contribution in [0.25, 0.3) is 0 Å². The first kappa shape index (κ1) is 12.8. The van der Waals surface area contributed by atoms with E-state index in [-0.39, 0.29) is 12.6 Å². The molecular formula is C11H22N4O. The van der Waals surface area contributed by atoms with Gasteiger partial charge in [-0.15, -0.1) is 0 Å². The van der Waals surface area contributed by atoms with Gasteiger partial charge in [0.1, 0.15) is 5.82 Å². The zero-order valence-corrected chi connectivity index (χ0v) is 10.5. The lowest BCUT2D eigenvalue weighted by Crippen LogP contribution is -2.28. The second kappa shape index (κ2) is 5.21. The van der Waals surface area contributed by atoms with Gasteiger partial charge in [0.25, 0.3) is 0 Å². The Morgan fingerprint density at radius 3 is 2.50 bits per heavy atom. The van der Waals surface area contributed by atoms with E-state index in [4.69, 9.17) is 10.8 Å². The number of nitrogens with two attached hydrogens (primary N) is 1. The number of aliphatic hydroxyl groups is 1. The van der Waals surface area contributed by atoms with Crippen molar-refractivity contribution in [2.45, 2.75) is 33.2 Å². The van der Waals surface area contributed by atoms with Crippen LogP contribution in [-0.4, -0.2) is 27.5 Å². The van der Waals surface area contributed by atoms with Crippen LogP contribution in [0.2, 0.25) is 0 Å². The lowest BCUT2D eigenvalue weighted by Gasteiger charge is -2.22. The smallest absolute Gasteiger partial charge is 0.147 e. The first-order chi connectivity index (χ1) is 7.47. The molecular weight excluding hydrogens is 204 g/mol. The highest BCUT2D eigenvalue weighted by Gasteiger charge is 2.17. The number of nitrogens with zero attached hydrogens (tertiary/aromatic N) is 2. The second-order valence-electron chi connectivity index (χ2n) is 4.48. The van der Waals surface area contributed by atoms with Gasteiger partial charge in [0.2, 0.25) is 0 Å². The molecule has 0 saturated carbocycles. The quantitative estimate of drug-likeness (QED) is 0.703. The molecule has 0 radical (unpaired) electrons. The molecule has 1 atom stereocenters. The van der Waals surface area contributed by atoms with Crippen LogP contribution >= 0.6 is 0 Å². The Labute approximate surface area is 96.6 Å². The van der Waals surface area contributed by atoms with Gasteiger partial charge in [-0.05, 0) is 19.3 Å². The van der Waals surface area contributed by atoms with E-state index in [2.05, 4.69) is 24.3 Å². The first-order valence-electron chi connectivity index (χ1n) is 5.63. The molecule has 0 aliphatic rings.